The molecule has 0 aromatic heterocycles. The topological polar surface area (TPSA) is 34.0 Å². The number of methoxy groups -OCH3 is 1. The second-order valence-electron chi connectivity index (χ2n) is 4.61. The van der Waals surface area contributed by atoms with E-state index in [1.165, 1.54) is 0 Å². The van der Waals surface area contributed by atoms with Gasteiger partial charge in [0.1, 0.15) is 5.75 Å². The number of benzene rings is 2. The lowest BCUT2D eigenvalue weighted by molar-refractivity contribution is 0.415. The van der Waals surface area contributed by atoms with Crippen molar-refractivity contribution in [3.8, 4) is 5.75 Å². The minimum atomic E-state index is 0.834. The van der Waals surface area contributed by atoms with Crippen molar-refractivity contribution < 1.29 is 4.74 Å². The Morgan fingerprint density at radius 1 is 0.810 bits per heavy atom. The van der Waals surface area contributed by atoms with Crippen LogP contribution in [0.1, 0.15) is 25.0 Å². The van der Waals surface area contributed by atoms with Crippen molar-refractivity contribution in [2.45, 2.75) is 13.8 Å². The van der Waals surface area contributed by atoms with E-state index >= 15 is 0 Å². The molecule has 0 saturated heterocycles. The summed E-state index contributed by atoms with van der Waals surface area (Å²) >= 11 is 3.42. The average Bonchev–Trinajstić information content (AvgIpc) is 2.53. The quantitative estimate of drug-likeness (QED) is 0.585. The first-order valence-electron chi connectivity index (χ1n) is 6.59. The lowest BCUT2D eigenvalue weighted by Crippen LogP contribution is -1.97. The van der Waals surface area contributed by atoms with Gasteiger partial charge in [0, 0.05) is 4.47 Å². The van der Waals surface area contributed by atoms with Crippen LogP contribution in [0, 0.1) is 0 Å². The van der Waals surface area contributed by atoms with Crippen molar-refractivity contribution in [1.82, 2.24) is 0 Å². The molecule has 0 atom stereocenters. The van der Waals surface area contributed by atoms with Gasteiger partial charge < -0.3 is 4.74 Å². The molecule has 4 heteroatoms. The molecule has 0 aliphatic rings. The van der Waals surface area contributed by atoms with Crippen molar-refractivity contribution in [2.75, 3.05) is 7.11 Å². The van der Waals surface area contributed by atoms with Gasteiger partial charge in [0.05, 0.1) is 18.5 Å². The highest BCUT2D eigenvalue weighted by Crippen LogP contribution is 2.13. The third kappa shape index (κ3) is 4.26. The number of hydrogen-bond acceptors (Lipinski definition) is 3. The lowest BCUT2D eigenvalue weighted by Gasteiger charge is -2.02. The lowest BCUT2D eigenvalue weighted by atomic mass is 10.1. The van der Waals surface area contributed by atoms with Gasteiger partial charge in [0.2, 0.25) is 0 Å². The molecule has 0 radical (unpaired) electrons. The summed E-state index contributed by atoms with van der Waals surface area (Å²) in [4.78, 5) is 0. The molecule has 0 bridgehead atoms. The highest BCUT2D eigenvalue weighted by molar-refractivity contribution is 9.10. The Hall–Kier alpha value is -1.94. The Morgan fingerprint density at radius 3 is 1.67 bits per heavy atom. The first kappa shape index (κ1) is 15.4. The van der Waals surface area contributed by atoms with E-state index in [2.05, 4.69) is 26.1 Å². The summed E-state index contributed by atoms with van der Waals surface area (Å²) in [6.07, 6.45) is 0. The molecule has 0 fully saturated rings. The monoisotopic (exact) mass is 344 g/mol. The van der Waals surface area contributed by atoms with E-state index in [1.54, 1.807) is 7.11 Å². The second kappa shape index (κ2) is 7.18. The first-order chi connectivity index (χ1) is 10.1. The summed E-state index contributed by atoms with van der Waals surface area (Å²) < 4.78 is 6.20. The molecule has 0 N–H and O–H groups in total. The Morgan fingerprint density at radius 2 is 1.24 bits per heavy atom. The molecule has 3 nitrogen and oxygen atoms in total. The Bertz CT molecular complexity index is 658. The fourth-order valence-corrected chi connectivity index (χ4v) is 2.05. The van der Waals surface area contributed by atoms with E-state index in [9.17, 15) is 0 Å². The summed E-state index contributed by atoms with van der Waals surface area (Å²) in [5, 5.41) is 8.60. The Balaban J connectivity index is 2.17. The zero-order chi connectivity index (χ0) is 15.2. The molecular formula is C17H17BrN2O. The minimum Gasteiger partial charge on any atom is -0.497 e. The average molecular weight is 345 g/mol. The van der Waals surface area contributed by atoms with E-state index < -0.39 is 0 Å². The normalized spacial score (nSPS) is 12.4. The van der Waals surface area contributed by atoms with Crippen molar-refractivity contribution >= 4 is 27.4 Å². The zero-order valence-corrected chi connectivity index (χ0v) is 13.9. The molecule has 0 saturated carbocycles. The van der Waals surface area contributed by atoms with Crippen LogP contribution in [0.2, 0.25) is 0 Å². The Labute approximate surface area is 133 Å². The summed E-state index contributed by atoms with van der Waals surface area (Å²) in [5.41, 5.74) is 3.84. The number of ether oxygens (including phenoxy) is 1. The second-order valence-corrected chi connectivity index (χ2v) is 5.52. The molecule has 0 unspecified atom stereocenters. The Kier molecular flexibility index (Phi) is 5.28. The summed E-state index contributed by atoms with van der Waals surface area (Å²) in [5.74, 6) is 0.834. The van der Waals surface area contributed by atoms with Gasteiger partial charge in [-0.1, -0.05) is 28.1 Å². The van der Waals surface area contributed by atoms with Crippen LogP contribution in [0.25, 0.3) is 0 Å². The summed E-state index contributed by atoms with van der Waals surface area (Å²) in [6, 6.07) is 15.8. The van der Waals surface area contributed by atoms with Crippen LogP contribution in [-0.2, 0) is 0 Å². The predicted molar refractivity (Wildman–Crippen MR) is 91.6 cm³/mol. The molecule has 0 aliphatic carbocycles. The third-order valence-electron chi connectivity index (χ3n) is 3.12. The number of hydrogen-bond donors (Lipinski definition) is 0. The standard InChI is InChI=1S/C17H17BrN2O/c1-12(14-4-8-16(18)9-5-14)19-20-13(2)15-6-10-17(21-3)11-7-15/h4-11H,1-3H3/b19-12+,20-13+. The number of rotatable bonds is 4. The highest BCUT2D eigenvalue weighted by atomic mass is 79.9. The number of halogens is 1. The molecule has 2 aromatic carbocycles. The van der Waals surface area contributed by atoms with Crippen molar-refractivity contribution in [2.24, 2.45) is 10.2 Å². The fourth-order valence-electron chi connectivity index (χ4n) is 1.79. The maximum atomic E-state index is 5.14. The van der Waals surface area contributed by atoms with E-state index in [4.69, 9.17) is 4.74 Å². The SMILES string of the molecule is COc1ccc(/C(C)=N/N=C(\C)c2ccc(Br)cc2)cc1. The molecule has 0 aliphatic heterocycles. The van der Waals surface area contributed by atoms with E-state index in [0.29, 0.717) is 0 Å². The van der Waals surface area contributed by atoms with Gasteiger partial charge in [-0.05, 0) is 61.4 Å². The van der Waals surface area contributed by atoms with Crippen LogP contribution in [0.3, 0.4) is 0 Å². The maximum absolute atomic E-state index is 5.14. The van der Waals surface area contributed by atoms with Crippen molar-refractivity contribution in [3.63, 3.8) is 0 Å². The van der Waals surface area contributed by atoms with E-state index in [-0.39, 0.29) is 0 Å². The van der Waals surface area contributed by atoms with Gasteiger partial charge in [0.25, 0.3) is 0 Å². The van der Waals surface area contributed by atoms with Crippen LogP contribution in [0.15, 0.2) is 63.2 Å². The highest BCUT2D eigenvalue weighted by Gasteiger charge is 1.99. The van der Waals surface area contributed by atoms with Crippen LogP contribution >= 0.6 is 15.9 Å². The van der Waals surface area contributed by atoms with Gasteiger partial charge >= 0.3 is 0 Å². The van der Waals surface area contributed by atoms with Gasteiger partial charge in [-0.2, -0.15) is 10.2 Å². The molecule has 21 heavy (non-hydrogen) atoms. The van der Waals surface area contributed by atoms with Gasteiger partial charge in [-0.25, -0.2) is 0 Å². The first-order valence-corrected chi connectivity index (χ1v) is 7.38. The molecule has 108 valence electrons. The maximum Gasteiger partial charge on any atom is 0.118 e. The minimum absolute atomic E-state index is 0.834. The van der Waals surface area contributed by atoms with Crippen LogP contribution in [0.4, 0.5) is 0 Å². The zero-order valence-electron chi connectivity index (χ0n) is 12.3. The van der Waals surface area contributed by atoms with Crippen LogP contribution in [-0.4, -0.2) is 18.5 Å². The van der Waals surface area contributed by atoms with Crippen LogP contribution in [0.5, 0.6) is 5.75 Å². The van der Waals surface area contributed by atoms with Crippen molar-refractivity contribution in [1.29, 1.82) is 0 Å². The molecule has 2 aromatic rings. The van der Waals surface area contributed by atoms with Crippen molar-refractivity contribution in [3.05, 3.63) is 64.1 Å². The van der Waals surface area contributed by atoms with E-state index in [0.717, 1.165) is 32.8 Å². The van der Waals surface area contributed by atoms with Gasteiger partial charge in [0.15, 0.2) is 0 Å². The summed E-state index contributed by atoms with van der Waals surface area (Å²) in [6.45, 7) is 3.90. The smallest absolute Gasteiger partial charge is 0.118 e. The molecule has 0 amide bonds. The molecule has 0 spiro atoms. The molecule has 0 heterocycles. The largest absolute Gasteiger partial charge is 0.497 e. The van der Waals surface area contributed by atoms with E-state index in [1.807, 2.05) is 62.4 Å². The van der Waals surface area contributed by atoms with Gasteiger partial charge in [-0.15, -0.1) is 0 Å². The number of nitrogens with zero attached hydrogens (tertiary/aromatic N) is 2. The predicted octanol–water partition coefficient (Wildman–Crippen LogP) is 4.69. The van der Waals surface area contributed by atoms with Crippen LogP contribution < -0.4 is 4.74 Å². The molecular weight excluding hydrogens is 328 g/mol. The third-order valence-corrected chi connectivity index (χ3v) is 3.65. The molecule has 2 rings (SSSR count). The fraction of sp³-hybridized carbons (Fsp3) is 0.176. The van der Waals surface area contributed by atoms with Gasteiger partial charge in [-0.3, -0.25) is 0 Å². The summed E-state index contributed by atoms with van der Waals surface area (Å²) in [7, 11) is 1.65.